The zero-order chi connectivity index (χ0) is 28.1. The highest BCUT2D eigenvalue weighted by atomic mass is 79.9. The fourth-order valence-electron chi connectivity index (χ4n) is 5.79. The average Bonchev–Trinajstić information content (AvgIpc) is 3.44. The largest absolute Gasteiger partial charge is 0.496 e. The van der Waals surface area contributed by atoms with Gasteiger partial charge in [-0.05, 0) is 64.5 Å². The first-order chi connectivity index (χ1) is 19.3. The van der Waals surface area contributed by atoms with E-state index in [1.807, 2.05) is 6.07 Å². The molecule has 3 aromatic carbocycles. The molecule has 0 aromatic heterocycles. The molecule has 0 radical (unpaired) electrons. The minimum absolute atomic E-state index is 0.191. The highest BCUT2D eigenvalue weighted by molar-refractivity contribution is 9.10. The standard InChI is InChI=1S/C31H22Br2N2O5/c1-40-24-12-7-18(15-22(24)33)29(37)27-26-25(30(38)35(31(26)39)21-10-8-20(32)9-11-21)23-16-19(13-14-34(23)27)28(36)17-5-3-2-4-6-17/h2-16,23,25-27H,1H3/t23-,25-,26+,27-/m0/s1. The van der Waals surface area contributed by atoms with Crippen molar-refractivity contribution in [3.8, 4) is 5.75 Å². The topological polar surface area (TPSA) is 84.0 Å². The van der Waals surface area contributed by atoms with Crippen LogP contribution in [0.1, 0.15) is 20.7 Å². The van der Waals surface area contributed by atoms with Crippen molar-refractivity contribution >= 4 is 60.9 Å². The van der Waals surface area contributed by atoms with Crippen molar-refractivity contribution < 1.29 is 23.9 Å². The van der Waals surface area contributed by atoms with Crippen molar-refractivity contribution in [2.24, 2.45) is 11.8 Å². The number of carbonyl (C=O) groups excluding carboxylic acids is 4. The third-order valence-corrected chi connectivity index (χ3v) is 8.78. The van der Waals surface area contributed by atoms with Crippen LogP contribution in [0.5, 0.6) is 5.75 Å². The summed E-state index contributed by atoms with van der Waals surface area (Å²) >= 11 is 6.83. The molecule has 0 unspecified atom stereocenters. The molecule has 0 N–H and O–H groups in total. The van der Waals surface area contributed by atoms with Gasteiger partial charge in [0.05, 0.1) is 35.1 Å². The zero-order valence-electron chi connectivity index (χ0n) is 21.2. The molecule has 3 aliphatic heterocycles. The van der Waals surface area contributed by atoms with Crippen LogP contribution in [0.4, 0.5) is 5.69 Å². The number of anilines is 1. The number of hydrogen-bond donors (Lipinski definition) is 0. The van der Waals surface area contributed by atoms with Crippen molar-refractivity contribution in [2.75, 3.05) is 12.0 Å². The van der Waals surface area contributed by atoms with Crippen LogP contribution in [0, 0.1) is 11.8 Å². The Labute approximate surface area is 247 Å². The number of Topliss-reactive ketones (excluding diaryl/α,β-unsaturated/α-hetero) is 2. The number of amides is 2. The number of fused-ring (bicyclic) bond motifs is 3. The van der Waals surface area contributed by atoms with Crippen molar-refractivity contribution in [1.29, 1.82) is 0 Å². The number of rotatable bonds is 6. The molecule has 40 heavy (non-hydrogen) atoms. The van der Waals surface area contributed by atoms with Gasteiger partial charge in [-0.15, -0.1) is 0 Å². The molecule has 2 saturated heterocycles. The van der Waals surface area contributed by atoms with Crippen LogP contribution in [0.3, 0.4) is 0 Å². The molecule has 2 amide bonds. The Bertz CT molecular complexity index is 1620. The van der Waals surface area contributed by atoms with Gasteiger partial charge >= 0.3 is 0 Å². The average molecular weight is 662 g/mol. The summed E-state index contributed by atoms with van der Waals surface area (Å²) < 4.78 is 6.71. The van der Waals surface area contributed by atoms with E-state index in [-0.39, 0.29) is 11.6 Å². The maximum Gasteiger partial charge on any atom is 0.240 e. The molecule has 4 atom stereocenters. The highest BCUT2D eigenvalue weighted by Gasteiger charge is 2.63. The number of imide groups is 1. The monoisotopic (exact) mass is 660 g/mol. The lowest BCUT2D eigenvalue weighted by Crippen LogP contribution is -2.46. The molecule has 3 aromatic rings. The van der Waals surface area contributed by atoms with Crippen molar-refractivity contribution in [2.45, 2.75) is 12.1 Å². The Morgan fingerprint density at radius 1 is 0.850 bits per heavy atom. The molecular weight excluding hydrogens is 640 g/mol. The van der Waals surface area contributed by atoms with Gasteiger partial charge in [0.25, 0.3) is 0 Å². The molecule has 3 aliphatic rings. The molecule has 2 fully saturated rings. The number of hydrogen-bond acceptors (Lipinski definition) is 6. The quantitative estimate of drug-likeness (QED) is 0.253. The second-order valence-electron chi connectivity index (χ2n) is 9.77. The Hall–Kier alpha value is -3.82. The maximum atomic E-state index is 14.1. The van der Waals surface area contributed by atoms with Gasteiger partial charge in [0.1, 0.15) is 11.8 Å². The Balaban J connectivity index is 1.43. The molecule has 0 spiro atoms. The number of allylic oxidation sites excluding steroid dienone is 2. The van der Waals surface area contributed by atoms with E-state index in [0.29, 0.717) is 32.6 Å². The Morgan fingerprint density at radius 3 is 2.23 bits per heavy atom. The smallest absolute Gasteiger partial charge is 0.240 e. The second-order valence-corrected chi connectivity index (χ2v) is 11.5. The van der Waals surface area contributed by atoms with Crippen molar-refractivity contribution in [1.82, 2.24) is 4.90 Å². The summed E-state index contributed by atoms with van der Waals surface area (Å²) in [4.78, 5) is 58.2. The minimum Gasteiger partial charge on any atom is -0.496 e. The summed E-state index contributed by atoms with van der Waals surface area (Å²) in [6.45, 7) is 0. The molecule has 0 bridgehead atoms. The van der Waals surface area contributed by atoms with Crippen LogP contribution in [-0.2, 0) is 9.59 Å². The van der Waals surface area contributed by atoms with Crippen LogP contribution >= 0.6 is 31.9 Å². The van der Waals surface area contributed by atoms with Crippen LogP contribution in [0.2, 0.25) is 0 Å². The molecule has 200 valence electrons. The fourth-order valence-corrected chi connectivity index (χ4v) is 6.59. The molecule has 9 heteroatoms. The normalized spacial score (nSPS) is 23.1. The van der Waals surface area contributed by atoms with Gasteiger partial charge in [-0.3, -0.25) is 19.2 Å². The molecule has 6 rings (SSSR count). The molecule has 0 saturated carbocycles. The molecule has 3 heterocycles. The number of benzene rings is 3. The zero-order valence-corrected chi connectivity index (χ0v) is 24.3. The molecular formula is C31H22Br2N2O5. The van der Waals surface area contributed by atoms with Gasteiger partial charge in [0.2, 0.25) is 11.8 Å². The predicted molar refractivity (Wildman–Crippen MR) is 156 cm³/mol. The van der Waals surface area contributed by atoms with Gasteiger partial charge < -0.3 is 9.64 Å². The summed E-state index contributed by atoms with van der Waals surface area (Å²) in [5.41, 5.74) is 1.74. The summed E-state index contributed by atoms with van der Waals surface area (Å²) in [6.07, 6.45) is 5.05. The summed E-state index contributed by atoms with van der Waals surface area (Å²) in [7, 11) is 1.53. The lowest BCUT2D eigenvalue weighted by atomic mass is 9.85. The minimum atomic E-state index is -0.937. The summed E-state index contributed by atoms with van der Waals surface area (Å²) in [5, 5.41) is 0. The molecule has 7 nitrogen and oxygen atoms in total. The predicted octanol–water partition coefficient (Wildman–Crippen LogP) is 5.60. The second kappa shape index (κ2) is 10.3. The number of ether oxygens (including phenoxy) is 1. The first-order valence-electron chi connectivity index (χ1n) is 12.6. The van der Waals surface area contributed by atoms with Crippen LogP contribution in [0.15, 0.2) is 106 Å². The number of halogens is 2. The van der Waals surface area contributed by atoms with Crippen LogP contribution in [0.25, 0.3) is 0 Å². The van der Waals surface area contributed by atoms with Gasteiger partial charge in [-0.25, -0.2) is 4.90 Å². The fraction of sp³-hybridized carbons (Fsp3) is 0.161. The van der Waals surface area contributed by atoms with E-state index in [4.69, 9.17) is 4.74 Å². The van der Waals surface area contributed by atoms with Crippen molar-refractivity contribution in [3.05, 3.63) is 117 Å². The SMILES string of the molecule is COc1ccc(C(=O)[C@@H]2[C@@H]3C(=O)N(c4ccc(Br)cc4)C(=O)[C@H]3[C@@H]3C=C(C(=O)c4ccccc4)C=CN23)cc1Br. The van der Waals surface area contributed by atoms with E-state index < -0.39 is 35.7 Å². The van der Waals surface area contributed by atoms with Gasteiger partial charge in [-0.2, -0.15) is 0 Å². The van der Waals surface area contributed by atoms with Gasteiger partial charge in [-0.1, -0.05) is 52.3 Å². The van der Waals surface area contributed by atoms with Gasteiger partial charge in [0.15, 0.2) is 11.6 Å². The van der Waals surface area contributed by atoms with E-state index in [1.54, 1.807) is 90.0 Å². The lowest BCUT2D eigenvalue weighted by Gasteiger charge is -2.33. The summed E-state index contributed by atoms with van der Waals surface area (Å²) in [6, 6.07) is 19.2. The van der Waals surface area contributed by atoms with E-state index in [1.165, 1.54) is 12.0 Å². The van der Waals surface area contributed by atoms with E-state index in [9.17, 15) is 19.2 Å². The number of methoxy groups -OCH3 is 1. The summed E-state index contributed by atoms with van der Waals surface area (Å²) in [5.74, 6) is -2.51. The number of nitrogens with zero attached hydrogens (tertiary/aromatic N) is 2. The first kappa shape index (κ1) is 26.4. The highest BCUT2D eigenvalue weighted by Crippen LogP contribution is 2.47. The maximum absolute atomic E-state index is 14.1. The Kier molecular flexibility index (Phi) is 6.80. The van der Waals surface area contributed by atoms with Crippen LogP contribution in [-0.4, -0.2) is 47.5 Å². The van der Waals surface area contributed by atoms with Crippen LogP contribution < -0.4 is 9.64 Å². The number of ketones is 2. The Morgan fingerprint density at radius 2 is 1.55 bits per heavy atom. The lowest BCUT2D eigenvalue weighted by molar-refractivity contribution is -0.123. The third kappa shape index (κ3) is 4.24. The van der Waals surface area contributed by atoms with E-state index >= 15 is 0 Å². The van der Waals surface area contributed by atoms with Crippen molar-refractivity contribution in [3.63, 3.8) is 0 Å². The first-order valence-corrected chi connectivity index (χ1v) is 14.2. The van der Waals surface area contributed by atoms with E-state index in [0.717, 1.165) is 4.47 Å². The third-order valence-electron chi connectivity index (χ3n) is 7.64. The van der Waals surface area contributed by atoms with E-state index in [2.05, 4.69) is 31.9 Å². The van der Waals surface area contributed by atoms with Gasteiger partial charge in [0, 0.05) is 27.4 Å². The number of carbonyl (C=O) groups is 4. The molecule has 0 aliphatic carbocycles.